The largest absolute Gasteiger partial charge is 0.399 e. The molecular weight excluding hydrogens is 297 g/mol. The zero-order chi connectivity index (χ0) is 13.3. The molecule has 0 fully saturated rings. The van der Waals surface area contributed by atoms with Crippen molar-refractivity contribution in [2.24, 2.45) is 0 Å². The number of ketones is 1. The lowest BCUT2D eigenvalue weighted by molar-refractivity contribution is 0.103. The fourth-order valence-electron chi connectivity index (χ4n) is 1.70. The summed E-state index contributed by atoms with van der Waals surface area (Å²) in [5.41, 5.74) is 7.76. The summed E-state index contributed by atoms with van der Waals surface area (Å²) >= 11 is 3.29. The molecule has 0 heterocycles. The van der Waals surface area contributed by atoms with Gasteiger partial charge in [0.25, 0.3) is 0 Å². The fraction of sp³-hybridized carbons (Fsp3) is 0.0714. The molecule has 0 bridgehead atoms. The third-order valence-corrected chi connectivity index (χ3v) is 3.34. The van der Waals surface area contributed by atoms with Crippen LogP contribution in [0.5, 0.6) is 0 Å². The van der Waals surface area contributed by atoms with Gasteiger partial charge in [-0.25, -0.2) is 4.39 Å². The first-order valence-corrected chi connectivity index (χ1v) is 6.14. The molecule has 2 nitrogen and oxygen atoms in total. The third kappa shape index (κ3) is 2.43. The van der Waals surface area contributed by atoms with Crippen LogP contribution >= 0.6 is 15.9 Å². The number of carbonyl (C=O) groups excluding carboxylic acids is 1. The van der Waals surface area contributed by atoms with Gasteiger partial charge in [-0.2, -0.15) is 0 Å². The number of halogens is 2. The Labute approximate surface area is 113 Å². The monoisotopic (exact) mass is 307 g/mol. The predicted molar refractivity (Wildman–Crippen MR) is 73.1 cm³/mol. The highest BCUT2D eigenvalue weighted by atomic mass is 79.9. The zero-order valence-electron chi connectivity index (χ0n) is 9.71. The van der Waals surface area contributed by atoms with Crippen LogP contribution in [0.3, 0.4) is 0 Å². The second-order valence-corrected chi connectivity index (χ2v) is 4.88. The smallest absolute Gasteiger partial charge is 0.194 e. The molecule has 2 rings (SSSR count). The van der Waals surface area contributed by atoms with Gasteiger partial charge in [0.05, 0.1) is 0 Å². The Bertz CT molecular complexity index is 625. The van der Waals surface area contributed by atoms with Crippen molar-refractivity contribution < 1.29 is 9.18 Å². The van der Waals surface area contributed by atoms with E-state index in [1.54, 1.807) is 31.2 Å². The van der Waals surface area contributed by atoms with Crippen LogP contribution in [0.25, 0.3) is 0 Å². The standard InChI is InChI=1S/C14H11BrFNO/c1-8-2-3-9(16)6-12(8)14(18)11-5-4-10(17)7-13(11)15/h2-7H,17H2,1H3. The number of nitrogen functional groups attached to an aromatic ring is 1. The summed E-state index contributed by atoms with van der Waals surface area (Å²) in [5, 5.41) is 0. The van der Waals surface area contributed by atoms with E-state index >= 15 is 0 Å². The highest BCUT2D eigenvalue weighted by molar-refractivity contribution is 9.10. The lowest BCUT2D eigenvalue weighted by atomic mass is 9.99. The van der Waals surface area contributed by atoms with Crippen molar-refractivity contribution in [1.29, 1.82) is 0 Å². The first-order chi connectivity index (χ1) is 8.49. The molecule has 0 aromatic heterocycles. The first kappa shape index (κ1) is 12.8. The lowest BCUT2D eigenvalue weighted by Gasteiger charge is -2.07. The molecule has 2 aromatic rings. The average Bonchev–Trinajstić information content (AvgIpc) is 2.31. The molecule has 0 saturated heterocycles. The molecular formula is C14H11BrFNO. The molecule has 92 valence electrons. The maximum Gasteiger partial charge on any atom is 0.194 e. The lowest BCUT2D eigenvalue weighted by Crippen LogP contribution is -2.05. The van der Waals surface area contributed by atoms with Crippen molar-refractivity contribution in [3.05, 3.63) is 63.4 Å². The number of aryl methyl sites for hydroxylation is 1. The molecule has 0 atom stereocenters. The molecule has 0 aliphatic heterocycles. The van der Waals surface area contributed by atoms with Crippen LogP contribution in [-0.4, -0.2) is 5.78 Å². The Kier molecular flexibility index (Phi) is 3.48. The van der Waals surface area contributed by atoms with E-state index in [-0.39, 0.29) is 5.78 Å². The van der Waals surface area contributed by atoms with Crippen LogP contribution in [0.4, 0.5) is 10.1 Å². The highest BCUT2D eigenvalue weighted by Gasteiger charge is 2.15. The number of rotatable bonds is 2. The van der Waals surface area contributed by atoms with Crippen molar-refractivity contribution >= 4 is 27.4 Å². The number of hydrogen-bond acceptors (Lipinski definition) is 2. The predicted octanol–water partition coefficient (Wildman–Crippen LogP) is 3.71. The van der Waals surface area contributed by atoms with E-state index in [1.807, 2.05) is 0 Å². The molecule has 18 heavy (non-hydrogen) atoms. The summed E-state index contributed by atoms with van der Waals surface area (Å²) in [4.78, 5) is 12.3. The van der Waals surface area contributed by atoms with Gasteiger partial charge >= 0.3 is 0 Å². The van der Waals surface area contributed by atoms with E-state index in [9.17, 15) is 9.18 Å². The second-order valence-electron chi connectivity index (χ2n) is 4.03. The Morgan fingerprint density at radius 2 is 1.89 bits per heavy atom. The Morgan fingerprint density at radius 3 is 2.56 bits per heavy atom. The fourth-order valence-corrected chi connectivity index (χ4v) is 2.28. The molecule has 0 spiro atoms. The summed E-state index contributed by atoms with van der Waals surface area (Å²) in [6.45, 7) is 1.78. The first-order valence-electron chi connectivity index (χ1n) is 5.35. The minimum absolute atomic E-state index is 0.223. The van der Waals surface area contributed by atoms with Crippen LogP contribution < -0.4 is 5.73 Å². The van der Waals surface area contributed by atoms with Gasteiger partial charge < -0.3 is 5.73 Å². The van der Waals surface area contributed by atoms with Gasteiger partial charge in [0, 0.05) is 21.3 Å². The van der Waals surface area contributed by atoms with Crippen LogP contribution in [0.1, 0.15) is 21.5 Å². The van der Waals surface area contributed by atoms with Gasteiger partial charge in [0.15, 0.2) is 5.78 Å². The number of carbonyl (C=O) groups is 1. The van der Waals surface area contributed by atoms with Gasteiger partial charge in [0.1, 0.15) is 5.82 Å². The topological polar surface area (TPSA) is 43.1 Å². The summed E-state index contributed by atoms with van der Waals surface area (Å²) in [6, 6.07) is 9.11. The molecule has 0 unspecified atom stereocenters. The van der Waals surface area contributed by atoms with Gasteiger partial charge in [-0.3, -0.25) is 4.79 Å². The van der Waals surface area contributed by atoms with Gasteiger partial charge in [-0.15, -0.1) is 0 Å². The zero-order valence-corrected chi connectivity index (χ0v) is 11.3. The Morgan fingerprint density at radius 1 is 1.17 bits per heavy atom. The van der Waals surface area contributed by atoms with E-state index < -0.39 is 5.82 Å². The quantitative estimate of drug-likeness (QED) is 0.679. The summed E-state index contributed by atoms with van der Waals surface area (Å²) in [5.74, 6) is -0.644. The van der Waals surface area contributed by atoms with Crippen molar-refractivity contribution in [3.63, 3.8) is 0 Å². The maximum absolute atomic E-state index is 13.2. The third-order valence-electron chi connectivity index (χ3n) is 2.68. The molecule has 2 aromatic carbocycles. The summed E-state index contributed by atoms with van der Waals surface area (Å²) in [6.07, 6.45) is 0. The number of nitrogens with two attached hydrogens (primary N) is 1. The molecule has 0 amide bonds. The molecule has 4 heteroatoms. The van der Waals surface area contributed by atoms with Crippen LogP contribution in [0.2, 0.25) is 0 Å². The molecule has 0 radical (unpaired) electrons. The van der Waals surface area contributed by atoms with E-state index in [0.29, 0.717) is 21.3 Å². The minimum atomic E-state index is -0.421. The van der Waals surface area contributed by atoms with E-state index in [0.717, 1.165) is 5.56 Å². The van der Waals surface area contributed by atoms with E-state index in [1.165, 1.54) is 12.1 Å². The van der Waals surface area contributed by atoms with Crippen LogP contribution in [0, 0.1) is 12.7 Å². The Hall–Kier alpha value is -1.68. The molecule has 2 N–H and O–H groups in total. The van der Waals surface area contributed by atoms with Gasteiger partial charge in [-0.05, 0) is 58.7 Å². The van der Waals surface area contributed by atoms with E-state index in [4.69, 9.17) is 5.73 Å². The summed E-state index contributed by atoms with van der Waals surface area (Å²) in [7, 11) is 0. The number of anilines is 1. The normalized spacial score (nSPS) is 10.4. The highest BCUT2D eigenvalue weighted by Crippen LogP contribution is 2.24. The number of hydrogen-bond donors (Lipinski definition) is 1. The SMILES string of the molecule is Cc1ccc(F)cc1C(=O)c1ccc(N)cc1Br. The van der Waals surface area contributed by atoms with Crippen LogP contribution in [-0.2, 0) is 0 Å². The van der Waals surface area contributed by atoms with Crippen molar-refractivity contribution in [3.8, 4) is 0 Å². The molecule has 0 aliphatic carbocycles. The van der Waals surface area contributed by atoms with Gasteiger partial charge in [0.2, 0.25) is 0 Å². The second kappa shape index (κ2) is 4.90. The van der Waals surface area contributed by atoms with Crippen LogP contribution in [0.15, 0.2) is 40.9 Å². The van der Waals surface area contributed by atoms with Gasteiger partial charge in [-0.1, -0.05) is 6.07 Å². The minimum Gasteiger partial charge on any atom is -0.399 e. The molecule has 0 aliphatic rings. The van der Waals surface area contributed by atoms with E-state index in [2.05, 4.69) is 15.9 Å². The summed E-state index contributed by atoms with van der Waals surface area (Å²) < 4.78 is 13.8. The van der Waals surface area contributed by atoms with Crippen molar-refractivity contribution in [2.45, 2.75) is 6.92 Å². The average molecular weight is 308 g/mol. The number of benzene rings is 2. The van der Waals surface area contributed by atoms with Crippen molar-refractivity contribution in [2.75, 3.05) is 5.73 Å². The maximum atomic E-state index is 13.2. The Balaban J connectivity index is 2.51. The van der Waals surface area contributed by atoms with Crippen molar-refractivity contribution in [1.82, 2.24) is 0 Å². The molecule has 0 saturated carbocycles.